The Morgan fingerprint density at radius 1 is 1.32 bits per heavy atom. The maximum absolute atomic E-state index is 12.3. The zero-order chi connectivity index (χ0) is 22.6. The molecule has 0 aliphatic heterocycles. The number of furan rings is 1. The van der Waals surface area contributed by atoms with Crippen molar-refractivity contribution in [3.05, 3.63) is 58.5 Å². The third kappa shape index (κ3) is 5.54. The number of hydrogen-bond donors (Lipinski definition) is 1. The van der Waals surface area contributed by atoms with Gasteiger partial charge < -0.3 is 9.15 Å². The van der Waals surface area contributed by atoms with Gasteiger partial charge >= 0.3 is 5.97 Å². The number of esters is 1. The lowest BCUT2D eigenvalue weighted by atomic mass is 10.1. The molecule has 0 saturated carbocycles. The number of benzene rings is 1. The van der Waals surface area contributed by atoms with E-state index in [1.54, 1.807) is 6.07 Å². The van der Waals surface area contributed by atoms with Crippen LogP contribution >= 0.6 is 22.9 Å². The number of carbonyl (C=O) groups is 2. The molecule has 2 heterocycles. The van der Waals surface area contributed by atoms with Crippen molar-refractivity contribution < 1.29 is 27.2 Å². The smallest absolute Gasteiger partial charge is 0.379 e. The molecule has 0 unspecified atom stereocenters. The zero-order valence-electron chi connectivity index (χ0n) is 15.5. The topological polar surface area (TPSA) is 152 Å². The standard InChI is InChI=1S/C18H11ClN4O6S2/c1-31(26,27)18-23-22-17(30-18)21-15(24)11(9-20)7-10-4-5-13(12(19)8-10)29-16(25)14-3-2-6-28-14/h2-8H,1H3,(H,21,22,24). The molecular weight excluding hydrogens is 468 g/mol. The second kappa shape index (κ2) is 9.09. The Kier molecular flexibility index (Phi) is 6.50. The van der Waals surface area contributed by atoms with Gasteiger partial charge in [-0.3, -0.25) is 10.1 Å². The Bertz CT molecular complexity index is 1320. The predicted molar refractivity (Wildman–Crippen MR) is 110 cm³/mol. The van der Waals surface area contributed by atoms with Gasteiger partial charge in [0.2, 0.25) is 25.1 Å². The molecule has 0 fully saturated rings. The first-order valence-electron chi connectivity index (χ1n) is 8.19. The van der Waals surface area contributed by atoms with Crippen LogP contribution in [0.1, 0.15) is 16.1 Å². The Labute approximate surface area is 184 Å². The van der Waals surface area contributed by atoms with E-state index in [9.17, 15) is 23.3 Å². The predicted octanol–water partition coefficient (Wildman–Crippen LogP) is 2.95. The maximum atomic E-state index is 12.3. The number of hydrogen-bond acceptors (Lipinski definition) is 10. The number of nitriles is 1. The minimum Gasteiger partial charge on any atom is -0.457 e. The summed E-state index contributed by atoms with van der Waals surface area (Å²) in [4.78, 5) is 24.2. The molecule has 0 spiro atoms. The van der Waals surface area contributed by atoms with Gasteiger partial charge in [-0.2, -0.15) is 5.26 Å². The number of nitrogens with one attached hydrogen (secondary N) is 1. The molecule has 3 rings (SSSR count). The highest BCUT2D eigenvalue weighted by Gasteiger charge is 2.18. The van der Waals surface area contributed by atoms with Crippen LogP contribution in [0.4, 0.5) is 5.13 Å². The van der Waals surface area contributed by atoms with Crippen LogP contribution in [-0.4, -0.2) is 36.7 Å². The van der Waals surface area contributed by atoms with E-state index in [1.807, 2.05) is 0 Å². The molecule has 3 aromatic rings. The van der Waals surface area contributed by atoms with Crippen molar-refractivity contribution in [1.29, 1.82) is 5.26 Å². The minimum absolute atomic E-state index is 0.000756. The summed E-state index contributed by atoms with van der Waals surface area (Å²) in [5.41, 5.74) is 0.0797. The van der Waals surface area contributed by atoms with Crippen molar-refractivity contribution >= 4 is 55.9 Å². The minimum atomic E-state index is -3.57. The van der Waals surface area contributed by atoms with Crippen LogP contribution in [0, 0.1) is 11.3 Å². The summed E-state index contributed by atoms with van der Waals surface area (Å²) in [7, 11) is -3.57. The average molecular weight is 479 g/mol. The van der Waals surface area contributed by atoms with Crippen LogP contribution in [-0.2, 0) is 14.6 Å². The number of halogens is 1. The van der Waals surface area contributed by atoms with Gasteiger partial charge in [0.25, 0.3) is 5.91 Å². The molecule has 2 aromatic heterocycles. The molecular formula is C18H11ClN4O6S2. The number of aromatic nitrogens is 2. The zero-order valence-corrected chi connectivity index (χ0v) is 17.9. The largest absolute Gasteiger partial charge is 0.457 e. The molecule has 31 heavy (non-hydrogen) atoms. The number of rotatable bonds is 6. The second-order valence-corrected chi connectivity index (χ2v) is 9.40. The summed E-state index contributed by atoms with van der Waals surface area (Å²) in [6.45, 7) is 0. The van der Waals surface area contributed by atoms with Crippen molar-refractivity contribution in [1.82, 2.24) is 10.2 Å². The van der Waals surface area contributed by atoms with Crippen LogP contribution in [0.2, 0.25) is 5.02 Å². The SMILES string of the molecule is CS(=O)(=O)c1nnc(NC(=O)C(C#N)=Cc2ccc(OC(=O)c3ccco3)c(Cl)c2)s1. The van der Waals surface area contributed by atoms with Gasteiger partial charge in [-0.1, -0.05) is 29.0 Å². The number of carbonyl (C=O) groups excluding carboxylic acids is 2. The van der Waals surface area contributed by atoms with Crippen molar-refractivity contribution in [2.45, 2.75) is 4.34 Å². The first-order valence-corrected chi connectivity index (χ1v) is 11.3. The summed E-state index contributed by atoms with van der Waals surface area (Å²) in [5, 5.41) is 18.6. The van der Waals surface area contributed by atoms with Crippen molar-refractivity contribution in [3.63, 3.8) is 0 Å². The summed E-state index contributed by atoms with van der Waals surface area (Å²) >= 11 is 6.78. The molecule has 0 bridgehead atoms. The summed E-state index contributed by atoms with van der Waals surface area (Å²) in [6.07, 6.45) is 3.53. The summed E-state index contributed by atoms with van der Waals surface area (Å²) < 4.78 is 32.7. The molecule has 158 valence electrons. The van der Waals surface area contributed by atoms with Gasteiger partial charge in [0.1, 0.15) is 17.4 Å². The fraction of sp³-hybridized carbons (Fsp3) is 0.0556. The number of sulfone groups is 1. The summed E-state index contributed by atoms with van der Waals surface area (Å²) in [6, 6.07) is 8.97. The normalized spacial score (nSPS) is 11.6. The average Bonchev–Trinajstić information content (AvgIpc) is 3.39. The molecule has 0 saturated heterocycles. The Morgan fingerprint density at radius 3 is 2.68 bits per heavy atom. The number of nitrogens with zero attached hydrogens (tertiary/aromatic N) is 3. The number of anilines is 1. The first kappa shape index (κ1) is 22.2. The van der Waals surface area contributed by atoms with E-state index >= 15 is 0 Å². The lowest BCUT2D eigenvalue weighted by Crippen LogP contribution is -2.13. The molecule has 0 atom stereocenters. The second-order valence-electron chi connectivity index (χ2n) is 5.83. The van der Waals surface area contributed by atoms with E-state index in [-0.39, 0.29) is 31.6 Å². The van der Waals surface area contributed by atoms with E-state index in [2.05, 4.69) is 15.5 Å². The van der Waals surface area contributed by atoms with Crippen LogP contribution in [0.3, 0.4) is 0 Å². The van der Waals surface area contributed by atoms with E-state index < -0.39 is 21.7 Å². The highest BCUT2D eigenvalue weighted by atomic mass is 35.5. The van der Waals surface area contributed by atoms with Gasteiger partial charge in [-0.05, 0) is 35.9 Å². The molecule has 1 amide bonds. The quantitative estimate of drug-likeness (QED) is 0.185. The Hall–Kier alpha value is -3.53. The molecule has 1 aromatic carbocycles. The van der Waals surface area contributed by atoms with Crippen molar-refractivity contribution in [2.24, 2.45) is 0 Å². The van der Waals surface area contributed by atoms with E-state index in [4.69, 9.17) is 20.8 Å². The molecule has 13 heteroatoms. The molecule has 1 N–H and O–H groups in total. The van der Waals surface area contributed by atoms with Gasteiger partial charge in [-0.25, -0.2) is 13.2 Å². The monoisotopic (exact) mass is 478 g/mol. The van der Waals surface area contributed by atoms with Crippen molar-refractivity contribution in [2.75, 3.05) is 11.6 Å². The van der Waals surface area contributed by atoms with Gasteiger partial charge in [0.05, 0.1) is 11.3 Å². The molecule has 10 nitrogen and oxygen atoms in total. The third-order valence-electron chi connectivity index (χ3n) is 3.50. The van der Waals surface area contributed by atoms with Crippen LogP contribution in [0.25, 0.3) is 6.08 Å². The van der Waals surface area contributed by atoms with Gasteiger partial charge in [0.15, 0.2) is 0 Å². The Morgan fingerprint density at radius 2 is 2.10 bits per heavy atom. The molecule has 0 aliphatic carbocycles. The fourth-order valence-electron chi connectivity index (χ4n) is 2.12. The van der Waals surface area contributed by atoms with Gasteiger partial charge in [0, 0.05) is 6.26 Å². The highest BCUT2D eigenvalue weighted by Crippen LogP contribution is 2.27. The molecule has 0 aliphatic rings. The Balaban J connectivity index is 1.75. The van der Waals surface area contributed by atoms with E-state index in [1.165, 1.54) is 42.7 Å². The molecule has 0 radical (unpaired) electrons. The third-order valence-corrected chi connectivity index (χ3v) is 6.30. The van der Waals surface area contributed by atoms with E-state index in [0.717, 1.165) is 6.26 Å². The van der Waals surface area contributed by atoms with Gasteiger partial charge in [-0.15, -0.1) is 10.2 Å². The van der Waals surface area contributed by atoms with Crippen LogP contribution in [0.15, 0.2) is 50.9 Å². The van der Waals surface area contributed by atoms with Crippen LogP contribution < -0.4 is 10.1 Å². The van der Waals surface area contributed by atoms with E-state index in [0.29, 0.717) is 16.9 Å². The number of ether oxygens (including phenoxy) is 1. The van der Waals surface area contributed by atoms with Crippen molar-refractivity contribution in [3.8, 4) is 11.8 Å². The lowest BCUT2D eigenvalue weighted by Gasteiger charge is -2.06. The highest BCUT2D eigenvalue weighted by molar-refractivity contribution is 7.92. The first-order chi connectivity index (χ1) is 14.7. The van der Waals surface area contributed by atoms with Crippen LogP contribution in [0.5, 0.6) is 5.75 Å². The number of amides is 1. The fourth-order valence-corrected chi connectivity index (χ4v) is 3.86. The maximum Gasteiger partial charge on any atom is 0.379 e. The lowest BCUT2D eigenvalue weighted by molar-refractivity contribution is -0.112. The summed E-state index contributed by atoms with van der Waals surface area (Å²) in [5.74, 6) is -1.49.